The molecule has 0 amide bonds. The maximum Gasteiger partial charge on any atom is 0.371 e. The Morgan fingerprint density at radius 3 is 0.964 bits per heavy atom. The number of allylic oxidation sites excluding steroid dienone is 3. The van der Waals surface area contributed by atoms with Crippen LogP contribution in [-0.4, -0.2) is 0 Å². The summed E-state index contributed by atoms with van der Waals surface area (Å²) < 4.78 is 20.8. The molecule has 3 heteroatoms. The van der Waals surface area contributed by atoms with Gasteiger partial charge in [-0.3, -0.25) is 0 Å². The molecule has 6 aromatic carbocycles. The summed E-state index contributed by atoms with van der Waals surface area (Å²) in [4.78, 5) is 0. The summed E-state index contributed by atoms with van der Waals surface area (Å²) in [7, 11) is 0. The summed E-state index contributed by atoms with van der Waals surface area (Å²) in [5, 5.41) is 0. The van der Waals surface area contributed by atoms with Gasteiger partial charge in [0.05, 0.1) is 35.4 Å². The third kappa shape index (κ3) is 7.33. The predicted molar refractivity (Wildman–Crippen MR) is 224 cm³/mol. The summed E-state index contributed by atoms with van der Waals surface area (Å²) in [6.07, 6.45) is 4.19. The van der Waals surface area contributed by atoms with E-state index < -0.39 is 0 Å². The van der Waals surface area contributed by atoms with E-state index in [1.807, 2.05) is 84.9 Å². The van der Waals surface area contributed by atoms with Gasteiger partial charge in [0, 0.05) is 27.8 Å². The normalized spacial score (nSPS) is 12.3. The van der Waals surface area contributed by atoms with Gasteiger partial charge >= 0.3 is 23.0 Å². The zero-order valence-electron chi connectivity index (χ0n) is 30.0. The molecule has 0 aliphatic carbocycles. The van der Waals surface area contributed by atoms with Crippen LogP contribution in [0.4, 0.5) is 0 Å². The molecule has 1 aliphatic rings. The van der Waals surface area contributed by atoms with Gasteiger partial charge in [-0.15, -0.1) is 0 Å². The summed E-state index contributed by atoms with van der Waals surface area (Å²) >= 11 is 0. The average molecular weight is 709 g/mol. The van der Waals surface area contributed by atoms with Crippen LogP contribution in [0.25, 0.3) is 62.0 Å². The fourth-order valence-electron chi connectivity index (χ4n) is 6.87. The maximum absolute atomic E-state index is 7.05. The van der Waals surface area contributed by atoms with Crippen LogP contribution in [0.15, 0.2) is 233 Å². The van der Waals surface area contributed by atoms with Crippen molar-refractivity contribution in [1.82, 2.24) is 0 Å². The Labute approximate surface area is 321 Å². The zero-order valence-corrected chi connectivity index (χ0v) is 30.0. The van der Waals surface area contributed by atoms with Crippen molar-refractivity contribution in [3.8, 4) is 44.9 Å². The highest BCUT2D eigenvalue weighted by molar-refractivity contribution is 5.90. The molecule has 3 heterocycles. The van der Waals surface area contributed by atoms with E-state index in [2.05, 4.69) is 133 Å². The van der Waals surface area contributed by atoms with Gasteiger partial charge in [0.15, 0.2) is 5.57 Å². The second-order valence-electron chi connectivity index (χ2n) is 13.3. The third-order valence-electron chi connectivity index (χ3n) is 9.61. The van der Waals surface area contributed by atoms with Crippen molar-refractivity contribution >= 4 is 17.1 Å². The molecule has 0 N–H and O–H groups in total. The van der Waals surface area contributed by atoms with E-state index in [4.69, 9.17) is 13.6 Å². The van der Waals surface area contributed by atoms with Gasteiger partial charge in [-0.05, 0) is 47.5 Å². The third-order valence-corrected chi connectivity index (χ3v) is 9.61. The molecular weight excluding hydrogens is 673 g/mol. The quantitative estimate of drug-likeness (QED) is 0.147. The monoisotopic (exact) mass is 708 g/mol. The molecule has 260 valence electrons. The van der Waals surface area contributed by atoms with Crippen LogP contribution >= 0.6 is 0 Å². The molecular formula is C52H36O3+2. The molecule has 3 nitrogen and oxygen atoms in total. The Morgan fingerprint density at radius 1 is 0.309 bits per heavy atom. The molecule has 0 fully saturated rings. The fourth-order valence-corrected chi connectivity index (χ4v) is 6.87. The minimum atomic E-state index is 0.650. The lowest BCUT2D eigenvalue weighted by atomic mass is 9.93. The number of ether oxygens (including phenoxy) is 1. The predicted octanol–water partition coefficient (Wildman–Crippen LogP) is 14.0. The lowest BCUT2D eigenvalue weighted by Crippen LogP contribution is -2.03. The first-order valence-corrected chi connectivity index (χ1v) is 18.4. The lowest BCUT2D eigenvalue weighted by Gasteiger charge is -2.19. The molecule has 0 unspecified atom stereocenters. The average Bonchev–Trinajstić information content (AvgIpc) is 3.28. The van der Waals surface area contributed by atoms with E-state index in [1.54, 1.807) is 0 Å². The van der Waals surface area contributed by atoms with E-state index in [0.29, 0.717) is 11.5 Å². The van der Waals surface area contributed by atoms with Crippen LogP contribution < -0.4 is 0 Å². The molecule has 55 heavy (non-hydrogen) atoms. The van der Waals surface area contributed by atoms with Crippen molar-refractivity contribution in [2.45, 2.75) is 0 Å². The van der Waals surface area contributed by atoms with Crippen molar-refractivity contribution in [1.29, 1.82) is 0 Å². The number of hydrogen-bond donors (Lipinski definition) is 0. The summed E-state index contributed by atoms with van der Waals surface area (Å²) in [6.45, 7) is 0. The van der Waals surface area contributed by atoms with Crippen LogP contribution in [0.3, 0.4) is 0 Å². The zero-order chi connectivity index (χ0) is 36.8. The van der Waals surface area contributed by atoms with E-state index in [9.17, 15) is 0 Å². The number of benzene rings is 6. The van der Waals surface area contributed by atoms with Gasteiger partial charge in [-0.1, -0.05) is 158 Å². The molecule has 0 spiro atoms. The molecule has 0 saturated heterocycles. The van der Waals surface area contributed by atoms with Crippen molar-refractivity contribution < 1.29 is 13.6 Å². The van der Waals surface area contributed by atoms with Gasteiger partial charge in [0.2, 0.25) is 0 Å². The maximum atomic E-state index is 7.05. The van der Waals surface area contributed by atoms with Gasteiger partial charge in [0.1, 0.15) is 11.5 Å². The Kier molecular flexibility index (Phi) is 9.32. The lowest BCUT2D eigenvalue weighted by molar-refractivity contribution is 0.466. The summed E-state index contributed by atoms with van der Waals surface area (Å²) in [5.74, 6) is 4.22. The van der Waals surface area contributed by atoms with E-state index in [1.165, 1.54) is 0 Å². The van der Waals surface area contributed by atoms with Gasteiger partial charge in [0.25, 0.3) is 0 Å². The molecule has 0 atom stereocenters. The minimum absolute atomic E-state index is 0.650. The minimum Gasteiger partial charge on any atom is -0.456 e. The standard InChI is InChI=1S/C52H36O3/c1-7-19-37(20-8-1)43-31-46(39-23-11-3-12-24-39)54-50(33-43)52(45-35-48(41-27-15-5-16-28-41)53-49(36-45)42-29-17-6-18-30-42)51-34-44(38-21-9-2-10-22-38)32-47(55-51)40-25-13-4-14-26-40/h1-36H/q+2. The first kappa shape index (κ1) is 33.5. The van der Waals surface area contributed by atoms with E-state index in [-0.39, 0.29) is 0 Å². The van der Waals surface area contributed by atoms with Gasteiger partial charge in [-0.25, -0.2) is 8.83 Å². The van der Waals surface area contributed by atoms with Crippen LogP contribution in [0.1, 0.15) is 22.6 Å². The highest BCUT2D eigenvalue weighted by atomic mass is 16.5. The molecule has 0 radical (unpaired) electrons. The van der Waals surface area contributed by atoms with Crippen molar-refractivity contribution in [3.63, 3.8) is 0 Å². The van der Waals surface area contributed by atoms with E-state index in [0.717, 1.165) is 78.7 Å². The Morgan fingerprint density at radius 2 is 0.618 bits per heavy atom. The van der Waals surface area contributed by atoms with E-state index >= 15 is 0 Å². The summed E-state index contributed by atoms with van der Waals surface area (Å²) in [6, 6.07) is 70.2. The second-order valence-corrected chi connectivity index (χ2v) is 13.3. The van der Waals surface area contributed by atoms with Crippen molar-refractivity contribution in [3.05, 3.63) is 247 Å². The highest BCUT2D eigenvalue weighted by Crippen LogP contribution is 2.42. The van der Waals surface area contributed by atoms with Crippen molar-refractivity contribution in [2.75, 3.05) is 0 Å². The molecule has 0 saturated carbocycles. The Bertz CT molecular complexity index is 2360. The smallest absolute Gasteiger partial charge is 0.371 e. The van der Waals surface area contributed by atoms with Crippen LogP contribution in [0.2, 0.25) is 0 Å². The second kappa shape index (κ2) is 15.3. The molecule has 0 bridgehead atoms. The van der Waals surface area contributed by atoms with Crippen molar-refractivity contribution in [2.24, 2.45) is 0 Å². The number of rotatable bonds is 8. The largest absolute Gasteiger partial charge is 0.456 e. The number of hydrogen-bond acceptors (Lipinski definition) is 1. The Hall–Kier alpha value is -7.36. The van der Waals surface area contributed by atoms with Crippen LogP contribution in [0, 0.1) is 0 Å². The molecule has 8 aromatic rings. The fraction of sp³-hybridized carbons (Fsp3) is 0. The first-order valence-electron chi connectivity index (χ1n) is 18.4. The SMILES string of the molecule is C1=C(c2ccccc2)OC(c2ccccc2)=CC1=C(c1cc(-c2ccccc2)cc(-c2ccccc2)[o+]1)c1cc(-c2ccccc2)cc(-c2ccccc2)[o+]1. The summed E-state index contributed by atoms with van der Waals surface area (Å²) in [5.41, 5.74) is 9.73. The van der Waals surface area contributed by atoms with Gasteiger partial charge in [-0.2, -0.15) is 0 Å². The van der Waals surface area contributed by atoms with Crippen LogP contribution in [0.5, 0.6) is 0 Å². The van der Waals surface area contributed by atoms with Gasteiger partial charge < -0.3 is 4.74 Å². The Balaban J connectivity index is 1.39. The molecule has 9 rings (SSSR count). The molecule has 2 aromatic heterocycles. The topological polar surface area (TPSA) is 31.8 Å². The van der Waals surface area contributed by atoms with Crippen LogP contribution in [-0.2, 0) is 4.74 Å². The molecule has 1 aliphatic heterocycles. The first-order chi connectivity index (χ1) is 27.2. The highest BCUT2D eigenvalue weighted by Gasteiger charge is 2.35.